The number of ether oxygens (including phenoxy) is 1. The van der Waals surface area contributed by atoms with Gasteiger partial charge in [-0.05, 0) is 37.6 Å². The smallest absolute Gasteiger partial charge is 0.251 e. The van der Waals surface area contributed by atoms with Crippen LogP contribution in [0.3, 0.4) is 0 Å². The SMILES string of the molecule is CCN(CCNC(=O)c1ccc(OC)c(N)c1)C1CC1. The summed E-state index contributed by atoms with van der Waals surface area (Å²) < 4.78 is 5.08. The molecule has 0 heterocycles. The molecule has 1 fully saturated rings. The van der Waals surface area contributed by atoms with E-state index in [1.807, 2.05) is 0 Å². The van der Waals surface area contributed by atoms with Gasteiger partial charge in [0.2, 0.25) is 0 Å². The molecule has 0 saturated heterocycles. The zero-order chi connectivity index (χ0) is 14.5. The molecule has 0 bridgehead atoms. The van der Waals surface area contributed by atoms with Crippen molar-refractivity contribution in [3.05, 3.63) is 23.8 Å². The van der Waals surface area contributed by atoms with Crippen LogP contribution in [0.5, 0.6) is 5.75 Å². The molecule has 1 aliphatic rings. The Kier molecular flexibility index (Phi) is 4.84. The lowest BCUT2D eigenvalue weighted by molar-refractivity contribution is 0.0948. The van der Waals surface area contributed by atoms with E-state index in [1.54, 1.807) is 25.3 Å². The average Bonchev–Trinajstić information content (AvgIpc) is 3.27. The van der Waals surface area contributed by atoms with Gasteiger partial charge in [-0.2, -0.15) is 0 Å². The van der Waals surface area contributed by atoms with Crippen LogP contribution in [0.15, 0.2) is 18.2 Å². The molecular formula is C15H23N3O2. The zero-order valence-electron chi connectivity index (χ0n) is 12.2. The van der Waals surface area contributed by atoms with E-state index in [9.17, 15) is 4.79 Å². The summed E-state index contributed by atoms with van der Waals surface area (Å²) in [5.74, 6) is 0.499. The number of nitrogen functional groups attached to an aromatic ring is 1. The summed E-state index contributed by atoms with van der Waals surface area (Å²) in [4.78, 5) is 14.4. The van der Waals surface area contributed by atoms with Crippen molar-refractivity contribution in [2.45, 2.75) is 25.8 Å². The van der Waals surface area contributed by atoms with Crippen molar-refractivity contribution in [3.63, 3.8) is 0 Å². The maximum atomic E-state index is 12.0. The third kappa shape index (κ3) is 3.63. The minimum atomic E-state index is -0.0915. The summed E-state index contributed by atoms with van der Waals surface area (Å²) in [6.07, 6.45) is 2.58. The summed E-state index contributed by atoms with van der Waals surface area (Å²) in [6.45, 7) is 4.76. The summed E-state index contributed by atoms with van der Waals surface area (Å²) in [7, 11) is 1.56. The number of hydrogen-bond acceptors (Lipinski definition) is 4. The van der Waals surface area contributed by atoms with E-state index in [1.165, 1.54) is 12.8 Å². The van der Waals surface area contributed by atoms with Crippen LogP contribution < -0.4 is 15.8 Å². The second kappa shape index (κ2) is 6.61. The first-order valence-electron chi connectivity index (χ1n) is 7.11. The number of carbonyl (C=O) groups excluding carboxylic acids is 1. The fraction of sp³-hybridized carbons (Fsp3) is 0.533. The second-order valence-electron chi connectivity index (χ2n) is 5.07. The predicted molar refractivity (Wildman–Crippen MR) is 80.0 cm³/mol. The number of rotatable bonds is 7. The quantitative estimate of drug-likeness (QED) is 0.741. The highest BCUT2D eigenvalue weighted by molar-refractivity contribution is 5.95. The molecule has 0 aromatic heterocycles. The third-order valence-electron chi connectivity index (χ3n) is 3.65. The van der Waals surface area contributed by atoms with Gasteiger partial charge in [-0.25, -0.2) is 0 Å². The number of nitrogens with one attached hydrogen (secondary N) is 1. The number of nitrogens with zero attached hydrogens (tertiary/aromatic N) is 1. The summed E-state index contributed by atoms with van der Waals surface area (Å²) in [5, 5.41) is 2.93. The van der Waals surface area contributed by atoms with E-state index >= 15 is 0 Å². The summed E-state index contributed by atoms with van der Waals surface area (Å²) in [6, 6.07) is 5.82. The predicted octanol–water partition coefficient (Wildman–Crippen LogP) is 1.49. The number of carbonyl (C=O) groups is 1. The number of nitrogens with two attached hydrogens (primary N) is 1. The molecule has 3 N–H and O–H groups in total. The standard InChI is InChI=1S/C15H23N3O2/c1-3-18(12-5-6-12)9-8-17-15(19)11-4-7-14(20-2)13(16)10-11/h4,7,10,12H,3,5-6,8-9,16H2,1-2H3,(H,17,19). The number of benzene rings is 1. The van der Waals surface area contributed by atoms with E-state index in [4.69, 9.17) is 10.5 Å². The minimum Gasteiger partial charge on any atom is -0.495 e. The Balaban J connectivity index is 1.83. The van der Waals surface area contributed by atoms with Crippen molar-refractivity contribution in [1.29, 1.82) is 0 Å². The fourth-order valence-corrected chi connectivity index (χ4v) is 2.33. The molecule has 20 heavy (non-hydrogen) atoms. The Morgan fingerprint density at radius 3 is 2.80 bits per heavy atom. The fourth-order valence-electron chi connectivity index (χ4n) is 2.33. The monoisotopic (exact) mass is 277 g/mol. The lowest BCUT2D eigenvalue weighted by atomic mass is 10.2. The lowest BCUT2D eigenvalue weighted by Gasteiger charge is -2.19. The van der Waals surface area contributed by atoms with Crippen LogP contribution >= 0.6 is 0 Å². The van der Waals surface area contributed by atoms with E-state index < -0.39 is 0 Å². The first-order chi connectivity index (χ1) is 9.65. The topological polar surface area (TPSA) is 67.6 Å². The molecule has 1 aromatic rings. The Bertz CT molecular complexity index is 472. The van der Waals surface area contributed by atoms with Gasteiger partial charge in [0.25, 0.3) is 5.91 Å². The van der Waals surface area contributed by atoms with Crippen molar-refractivity contribution < 1.29 is 9.53 Å². The van der Waals surface area contributed by atoms with Crippen LogP contribution in [-0.2, 0) is 0 Å². The molecule has 5 heteroatoms. The summed E-state index contributed by atoms with van der Waals surface area (Å²) >= 11 is 0. The highest BCUT2D eigenvalue weighted by Gasteiger charge is 2.27. The van der Waals surface area contributed by atoms with Gasteiger partial charge in [0.1, 0.15) is 5.75 Å². The Hall–Kier alpha value is -1.75. The number of anilines is 1. The highest BCUT2D eigenvalue weighted by Crippen LogP contribution is 2.26. The molecular weight excluding hydrogens is 254 g/mol. The van der Waals surface area contributed by atoms with Crippen LogP contribution in [0.25, 0.3) is 0 Å². The first-order valence-corrected chi connectivity index (χ1v) is 7.11. The lowest BCUT2D eigenvalue weighted by Crippen LogP contribution is -2.36. The maximum Gasteiger partial charge on any atom is 0.251 e. The van der Waals surface area contributed by atoms with E-state index in [-0.39, 0.29) is 5.91 Å². The highest BCUT2D eigenvalue weighted by atomic mass is 16.5. The molecule has 1 aromatic carbocycles. The van der Waals surface area contributed by atoms with Crippen LogP contribution in [0, 0.1) is 0 Å². The number of likely N-dealkylation sites (N-methyl/N-ethyl adjacent to an activating group) is 1. The maximum absolute atomic E-state index is 12.0. The third-order valence-corrected chi connectivity index (χ3v) is 3.65. The molecule has 0 spiro atoms. The minimum absolute atomic E-state index is 0.0915. The molecule has 5 nitrogen and oxygen atoms in total. The molecule has 2 rings (SSSR count). The summed E-state index contributed by atoms with van der Waals surface area (Å²) in [5.41, 5.74) is 6.85. The van der Waals surface area contributed by atoms with Crippen molar-refractivity contribution in [1.82, 2.24) is 10.2 Å². The average molecular weight is 277 g/mol. The zero-order valence-corrected chi connectivity index (χ0v) is 12.2. The molecule has 110 valence electrons. The van der Waals surface area contributed by atoms with Gasteiger partial charge in [-0.15, -0.1) is 0 Å². The van der Waals surface area contributed by atoms with Gasteiger partial charge >= 0.3 is 0 Å². The number of methoxy groups -OCH3 is 1. The van der Waals surface area contributed by atoms with Gasteiger partial charge < -0.3 is 15.8 Å². The van der Waals surface area contributed by atoms with Crippen molar-refractivity contribution >= 4 is 11.6 Å². The van der Waals surface area contributed by atoms with Gasteiger partial charge in [-0.1, -0.05) is 6.92 Å². The molecule has 1 amide bonds. The van der Waals surface area contributed by atoms with Gasteiger partial charge in [0.05, 0.1) is 12.8 Å². The van der Waals surface area contributed by atoms with Gasteiger partial charge in [-0.3, -0.25) is 9.69 Å². The second-order valence-corrected chi connectivity index (χ2v) is 5.07. The van der Waals surface area contributed by atoms with Gasteiger partial charge in [0.15, 0.2) is 0 Å². The molecule has 0 aliphatic heterocycles. The molecule has 0 unspecified atom stereocenters. The van der Waals surface area contributed by atoms with Crippen molar-refractivity contribution in [3.8, 4) is 5.75 Å². The van der Waals surface area contributed by atoms with Crippen molar-refractivity contribution in [2.24, 2.45) is 0 Å². The van der Waals surface area contributed by atoms with Crippen LogP contribution in [0.2, 0.25) is 0 Å². The number of amides is 1. The van der Waals surface area contributed by atoms with Crippen LogP contribution in [0.1, 0.15) is 30.1 Å². The Morgan fingerprint density at radius 1 is 1.50 bits per heavy atom. The van der Waals surface area contributed by atoms with E-state index in [0.29, 0.717) is 23.5 Å². The van der Waals surface area contributed by atoms with Crippen molar-refractivity contribution in [2.75, 3.05) is 32.5 Å². The Labute approximate surface area is 120 Å². The van der Waals surface area contributed by atoms with Gasteiger partial charge in [0, 0.05) is 24.7 Å². The van der Waals surface area contributed by atoms with E-state index in [0.717, 1.165) is 19.1 Å². The Morgan fingerprint density at radius 2 is 2.25 bits per heavy atom. The molecule has 0 radical (unpaired) electrons. The number of hydrogen-bond donors (Lipinski definition) is 2. The first kappa shape index (κ1) is 14.7. The van der Waals surface area contributed by atoms with Crippen LogP contribution in [0.4, 0.5) is 5.69 Å². The van der Waals surface area contributed by atoms with Crippen LogP contribution in [-0.4, -0.2) is 43.6 Å². The molecule has 1 saturated carbocycles. The van der Waals surface area contributed by atoms with E-state index in [2.05, 4.69) is 17.1 Å². The molecule has 0 atom stereocenters. The normalized spacial score (nSPS) is 14.3. The molecule has 1 aliphatic carbocycles. The largest absolute Gasteiger partial charge is 0.495 e.